The van der Waals surface area contributed by atoms with Crippen LogP contribution in [0.15, 0.2) is 102 Å². The van der Waals surface area contributed by atoms with E-state index in [1.807, 2.05) is 58.0 Å². The molecule has 1 unspecified atom stereocenters. The van der Waals surface area contributed by atoms with E-state index in [-0.39, 0.29) is 28.6 Å². The van der Waals surface area contributed by atoms with Gasteiger partial charge in [0.15, 0.2) is 0 Å². The molecule has 0 bridgehead atoms. The van der Waals surface area contributed by atoms with Crippen LogP contribution in [0.1, 0.15) is 37.5 Å². The number of hydrogen-bond donors (Lipinski definition) is 1. The molecule has 11 heteroatoms. The summed E-state index contributed by atoms with van der Waals surface area (Å²) in [5, 5.41) is 3.61. The third-order valence-electron chi connectivity index (χ3n) is 7.13. The lowest BCUT2D eigenvalue weighted by Gasteiger charge is -2.35. The Bertz CT molecular complexity index is 1800. The first-order chi connectivity index (χ1) is 21.7. The average Bonchev–Trinajstić information content (AvgIpc) is 2.99. The number of nitrogens with zero attached hydrogens (tertiary/aromatic N) is 2. The first kappa shape index (κ1) is 34.9. The number of amides is 2. The Balaban J connectivity index is 1.85. The van der Waals surface area contributed by atoms with E-state index in [0.29, 0.717) is 10.6 Å². The average molecular weight is 685 g/mol. The molecule has 1 atom stereocenters. The van der Waals surface area contributed by atoms with Gasteiger partial charge in [0, 0.05) is 28.5 Å². The molecule has 0 aliphatic carbocycles. The number of halogens is 3. The predicted octanol–water partition coefficient (Wildman–Crippen LogP) is 7.19. The SMILES string of the molecule is Cc1ccc(S(=O)(=O)N(CC(=O)N(Cc2ccc(Cl)cc2Cl)C(Cc2ccccc2)C(=O)NC(C)(C)C)c2ccccc2F)cc1. The van der Waals surface area contributed by atoms with Gasteiger partial charge in [-0.05, 0) is 75.2 Å². The summed E-state index contributed by atoms with van der Waals surface area (Å²) in [5.41, 5.74) is 1.13. The van der Waals surface area contributed by atoms with Crippen molar-refractivity contribution in [1.82, 2.24) is 10.2 Å². The van der Waals surface area contributed by atoms with Crippen LogP contribution in [-0.4, -0.2) is 43.3 Å². The minimum absolute atomic E-state index is 0.115. The molecule has 0 aromatic heterocycles. The quantitative estimate of drug-likeness (QED) is 0.181. The lowest BCUT2D eigenvalue weighted by atomic mass is 10.0. The number of sulfonamides is 1. The number of carbonyl (C=O) groups excluding carboxylic acids is 2. The van der Waals surface area contributed by atoms with E-state index in [9.17, 15) is 18.0 Å². The molecule has 242 valence electrons. The van der Waals surface area contributed by atoms with Crippen molar-refractivity contribution in [2.75, 3.05) is 10.8 Å². The van der Waals surface area contributed by atoms with Crippen molar-refractivity contribution in [3.63, 3.8) is 0 Å². The number of carbonyl (C=O) groups is 2. The second-order valence-electron chi connectivity index (χ2n) is 12.0. The number of para-hydroxylation sites is 1. The van der Waals surface area contributed by atoms with Gasteiger partial charge in [0.2, 0.25) is 11.8 Å². The molecule has 0 spiro atoms. The first-order valence-corrected chi connectivity index (χ1v) is 16.8. The maximum absolute atomic E-state index is 15.3. The number of nitrogens with one attached hydrogen (secondary N) is 1. The lowest BCUT2D eigenvalue weighted by Crippen LogP contribution is -2.56. The molecule has 0 saturated heterocycles. The van der Waals surface area contributed by atoms with E-state index in [1.54, 1.807) is 24.3 Å². The summed E-state index contributed by atoms with van der Waals surface area (Å²) in [6.07, 6.45) is 0.115. The Morgan fingerprint density at radius 3 is 2.13 bits per heavy atom. The molecule has 2 amide bonds. The third-order valence-corrected chi connectivity index (χ3v) is 9.49. The second kappa shape index (κ2) is 14.7. The van der Waals surface area contributed by atoms with Gasteiger partial charge in [-0.15, -0.1) is 0 Å². The topological polar surface area (TPSA) is 86.8 Å². The van der Waals surface area contributed by atoms with Crippen molar-refractivity contribution >= 4 is 50.7 Å². The van der Waals surface area contributed by atoms with Crippen LogP contribution in [0, 0.1) is 12.7 Å². The zero-order valence-corrected chi connectivity index (χ0v) is 28.3. The van der Waals surface area contributed by atoms with Gasteiger partial charge in [0.1, 0.15) is 18.4 Å². The number of benzene rings is 4. The monoisotopic (exact) mass is 683 g/mol. The molecular formula is C35H36Cl2FN3O4S. The van der Waals surface area contributed by atoms with Gasteiger partial charge in [0.05, 0.1) is 10.6 Å². The first-order valence-electron chi connectivity index (χ1n) is 14.6. The minimum Gasteiger partial charge on any atom is -0.350 e. The molecule has 0 radical (unpaired) electrons. The van der Waals surface area contributed by atoms with Gasteiger partial charge in [0.25, 0.3) is 10.0 Å². The summed E-state index contributed by atoms with van der Waals surface area (Å²) in [6, 6.07) is 24.2. The van der Waals surface area contributed by atoms with Crippen molar-refractivity contribution in [3.8, 4) is 0 Å². The van der Waals surface area contributed by atoms with Gasteiger partial charge in [-0.3, -0.25) is 13.9 Å². The van der Waals surface area contributed by atoms with Crippen molar-refractivity contribution in [3.05, 3.63) is 130 Å². The van der Waals surface area contributed by atoms with Gasteiger partial charge in [-0.1, -0.05) is 89.4 Å². The van der Waals surface area contributed by atoms with Crippen LogP contribution >= 0.6 is 23.2 Å². The van der Waals surface area contributed by atoms with Crippen molar-refractivity contribution < 1.29 is 22.4 Å². The Morgan fingerprint density at radius 1 is 0.891 bits per heavy atom. The Hall–Kier alpha value is -3.92. The van der Waals surface area contributed by atoms with Crippen LogP contribution in [0.25, 0.3) is 0 Å². The number of anilines is 1. The molecule has 0 fully saturated rings. The minimum atomic E-state index is -4.44. The number of aryl methyl sites for hydroxylation is 1. The molecule has 4 aromatic carbocycles. The molecular weight excluding hydrogens is 648 g/mol. The molecule has 4 rings (SSSR count). The van der Waals surface area contributed by atoms with E-state index >= 15 is 4.39 Å². The summed E-state index contributed by atoms with van der Waals surface area (Å²) in [5.74, 6) is -2.02. The Morgan fingerprint density at radius 2 is 1.52 bits per heavy atom. The summed E-state index contributed by atoms with van der Waals surface area (Å²) >= 11 is 12.7. The fourth-order valence-corrected chi connectivity index (χ4v) is 6.74. The van der Waals surface area contributed by atoms with Crippen molar-refractivity contribution in [2.45, 2.75) is 57.1 Å². The summed E-state index contributed by atoms with van der Waals surface area (Å²) in [6.45, 7) is 6.32. The highest BCUT2D eigenvalue weighted by atomic mass is 35.5. The molecule has 46 heavy (non-hydrogen) atoms. The molecule has 7 nitrogen and oxygen atoms in total. The zero-order valence-electron chi connectivity index (χ0n) is 26.0. The van der Waals surface area contributed by atoms with E-state index in [4.69, 9.17) is 23.2 Å². The maximum Gasteiger partial charge on any atom is 0.264 e. The summed E-state index contributed by atoms with van der Waals surface area (Å²) in [4.78, 5) is 29.6. The Labute approximate surface area is 280 Å². The predicted molar refractivity (Wildman–Crippen MR) is 181 cm³/mol. The van der Waals surface area contributed by atoms with Crippen LogP contribution < -0.4 is 9.62 Å². The number of hydrogen-bond acceptors (Lipinski definition) is 4. The van der Waals surface area contributed by atoms with E-state index in [2.05, 4.69) is 5.32 Å². The second-order valence-corrected chi connectivity index (χ2v) is 14.7. The third kappa shape index (κ3) is 8.87. The maximum atomic E-state index is 15.3. The lowest BCUT2D eigenvalue weighted by molar-refractivity contribution is -0.140. The standard InChI is InChI=1S/C35H36Cl2FN3O4S/c1-24-14-18-28(19-15-24)46(44,45)41(31-13-9-8-12-30(31)38)23-33(42)40(22-26-16-17-27(36)21-29(26)37)32(34(43)39-35(2,3)4)20-25-10-6-5-7-11-25/h5-19,21,32H,20,22-23H2,1-4H3,(H,39,43). The van der Waals surface area contributed by atoms with Gasteiger partial charge in [-0.2, -0.15) is 0 Å². The largest absolute Gasteiger partial charge is 0.350 e. The molecule has 1 N–H and O–H groups in total. The van der Waals surface area contributed by atoms with Crippen LogP contribution in [0.3, 0.4) is 0 Å². The molecule has 4 aromatic rings. The van der Waals surface area contributed by atoms with Gasteiger partial charge in [-0.25, -0.2) is 12.8 Å². The summed E-state index contributed by atoms with van der Waals surface area (Å²) in [7, 11) is -4.44. The zero-order chi connectivity index (χ0) is 33.6. The summed E-state index contributed by atoms with van der Waals surface area (Å²) < 4.78 is 44.1. The molecule has 0 saturated carbocycles. The fraction of sp³-hybridized carbons (Fsp3) is 0.257. The van der Waals surface area contributed by atoms with Crippen molar-refractivity contribution in [1.29, 1.82) is 0 Å². The van der Waals surface area contributed by atoms with Crippen LogP contribution in [0.2, 0.25) is 10.0 Å². The molecule has 0 aliphatic rings. The van der Waals surface area contributed by atoms with Crippen LogP contribution in [-0.2, 0) is 32.6 Å². The van der Waals surface area contributed by atoms with E-state index in [0.717, 1.165) is 21.5 Å². The molecule has 0 aliphatic heterocycles. The Kier molecular flexibility index (Phi) is 11.1. The smallest absolute Gasteiger partial charge is 0.264 e. The van der Waals surface area contributed by atoms with E-state index < -0.39 is 45.8 Å². The van der Waals surface area contributed by atoms with Crippen LogP contribution in [0.4, 0.5) is 10.1 Å². The van der Waals surface area contributed by atoms with Crippen LogP contribution in [0.5, 0.6) is 0 Å². The highest BCUT2D eigenvalue weighted by Gasteiger charge is 2.36. The molecule has 0 heterocycles. The normalized spacial score (nSPS) is 12.3. The fourth-order valence-electron chi connectivity index (χ4n) is 4.85. The van der Waals surface area contributed by atoms with E-state index in [1.165, 1.54) is 41.3 Å². The number of rotatable bonds is 11. The highest BCUT2D eigenvalue weighted by Crippen LogP contribution is 2.29. The van der Waals surface area contributed by atoms with Crippen molar-refractivity contribution in [2.24, 2.45) is 0 Å². The van der Waals surface area contributed by atoms with Gasteiger partial charge >= 0.3 is 0 Å². The highest BCUT2D eigenvalue weighted by molar-refractivity contribution is 7.92. The van der Waals surface area contributed by atoms with Gasteiger partial charge < -0.3 is 10.2 Å².